The Kier molecular flexibility index (Phi) is 6.16. The standard InChI is InChI=1S/C15H23BrClN/c1-5-15(4,10-18-11(2)3)9-12-6-7-13(16)8-14(12)17/h6-8,11,18H,5,9-10H2,1-4H3. The Morgan fingerprint density at radius 1 is 1.39 bits per heavy atom. The lowest BCUT2D eigenvalue weighted by atomic mass is 9.81. The van der Waals surface area contributed by atoms with Crippen LogP contribution in [-0.2, 0) is 6.42 Å². The van der Waals surface area contributed by atoms with Gasteiger partial charge in [0.15, 0.2) is 0 Å². The molecule has 102 valence electrons. The molecule has 0 aliphatic heterocycles. The summed E-state index contributed by atoms with van der Waals surface area (Å²) in [4.78, 5) is 0. The van der Waals surface area contributed by atoms with Crippen molar-refractivity contribution in [1.29, 1.82) is 0 Å². The summed E-state index contributed by atoms with van der Waals surface area (Å²) < 4.78 is 1.04. The highest BCUT2D eigenvalue weighted by molar-refractivity contribution is 9.10. The second-order valence-electron chi connectivity index (χ2n) is 5.61. The summed E-state index contributed by atoms with van der Waals surface area (Å²) in [6.45, 7) is 9.95. The van der Waals surface area contributed by atoms with Gasteiger partial charge in [0.05, 0.1) is 0 Å². The van der Waals surface area contributed by atoms with Crippen LogP contribution in [0, 0.1) is 5.41 Å². The highest BCUT2D eigenvalue weighted by Crippen LogP contribution is 2.30. The van der Waals surface area contributed by atoms with E-state index in [1.54, 1.807) is 0 Å². The number of halogens is 2. The molecule has 3 heteroatoms. The number of benzene rings is 1. The third-order valence-electron chi connectivity index (χ3n) is 3.42. The highest BCUT2D eigenvalue weighted by Gasteiger charge is 2.23. The van der Waals surface area contributed by atoms with Gasteiger partial charge in [-0.25, -0.2) is 0 Å². The van der Waals surface area contributed by atoms with Crippen LogP contribution in [0.2, 0.25) is 5.02 Å². The van der Waals surface area contributed by atoms with Gasteiger partial charge in [0.1, 0.15) is 0 Å². The minimum atomic E-state index is 0.252. The quantitative estimate of drug-likeness (QED) is 0.768. The van der Waals surface area contributed by atoms with Crippen LogP contribution in [0.1, 0.15) is 39.7 Å². The lowest BCUT2D eigenvalue weighted by molar-refractivity contribution is 0.281. The Bertz CT molecular complexity index is 392. The van der Waals surface area contributed by atoms with E-state index in [-0.39, 0.29) is 5.41 Å². The largest absolute Gasteiger partial charge is 0.314 e. The Morgan fingerprint density at radius 2 is 2.06 bits per heavy atom. The fourth-order valence-corrected chi connectivity index (χ4v) is 2.63. The van der Waals surface area contributed by atoms with Crippen molar-refractivity contribution in [3.8, 4) is 0 Å². The predicted octanol–water partition coefficient (Wildman–Crippen LogP) is 5.06. The van der Waals surface area contributed by atoms with Crippen molar-refractivity contribution in [2.24, 2.45) is 5.41 Å². The molecule has 1 N–H and O–H groups in total. The van der Waals surface area contributed by atoms with E-state index in [1.165, 1.54) is 5.56 Å². The molecular formula is C15H23BrClN. The van der Waals surface area contributed by atoms with Gasteiger partial charge in [0, 0.05) is 22.1 Å². The summed E-state index contributed by atoms with van der Waals surface area (Å²) in [5.74, 6) is 0. The van der Waals surface area contributed by atoms with Crippen LogP contribution in [0.25, 0.3) is 0 Å². The van der Waals surface area contributed by atoms with Gasteiger partial charge < -0.3 is 5.32 Å². The molecule has 0 saturated heterocycles. The first-order valence-corrected chi connectivity index (χ1v) is 7.71. The van der Waals surface area contributed by atoms with E-state index in [9.17, 15) is 0 Å². The van der Waals surface area contributed by atoms with E-state index in [2.05, 4.69) is 61.1 Å². The molecule has 0 bridgehead atoms. The third-order valence-corrected chi connectivity index (χ3v) is 4.27. The maximum atomic E-state index is 6.30. The van der Waals surface area contributed by atoms with Crippen LogP contribution < -0.4 is 5.32 Å². The fourth-order valence-electron chi connectivity index (χ4n) is 1.89. The van der Waals surface area contributed by atoms with Gasteiger partial charge >= 0.3 is 0 Å². The van der Waals surface area contributed by atoms with Gasteiger partial charge in [0.25, 0.3) is 0 Å². The Hall–Kier alpha value is -0.0500. The van der Waals surface area contributed by atoms with Crippen LogP contribution in [-0.4, -0.2) is 12.6 Å². The van der Waals surface area contributed by atoms with E-state index in [0.29, 0.717) is 6.04 Å². The Morgan fingerprint density at radius 3 is 2.56 bits per heavy atom. The Labute approximate surface area is 124 Å². The van der Waals surface area contributed by atoms with Crippen molar-refractivity contribution in [3.63, 3.8) is 0 Å². The first-order chi connectivity index (χ1) is 8.36. The van der Waals surface area contributed by atoms with Crippen molar-refractivity contribution in [1.82, 2.24) is 5.32 Å². The summed E-state index contributed by atoms with van der Waals surface area (Å²) >= 11 is 9.75. The lowest BCUT2D eigenvalue weighted by Crippen LogP contribution is -2.36. The molecule has 0 fully saturated rings. The first-order valence-electron chi connectivity index (χ1n) is 6.53. The minimum absolute atomic E-state index is 0.252. The van der Waals surface area contributed by atoms with Gasteiger partial charge in [0.2, 0.25) is 0 Å². The maximum Gasteiger partial charge on any atom is 0.0449 e. The average Bonchev–Trinajstić information content (AvgIpc) is 2.30. The molecule has 1 nitrogen and oxygen atoms in total. The van der Waals surface area contributed by atoms with Gasteiger partial charge in [-0.05, 0) is 36.0 Å². The summed E-state index contributed by atoms with van der Waals surface area (Å²) in [6.07, 6.45) is 2.15. The molecular weight excluding hydrogens is 310 g/mol. The summed E-state index contributed by atoms with van der Waals surface area (Å²) in [6, 6.07) is 6.68. The molecule has 1 aromatic carbocycles. The number of nitrogens with one attached hydrogen (secondary N) is 1. The zero-order valence-electron chi connectivity index (χ0n) is 11.7. The van der Waals surface area contributed by atoms with Gasteiger partial charge in [-0.2, -0.15) is 0 Å². The summed E-state index contributed by atoms with van der Waals surface area (Å²) in [5.41, 5.74) is 1.48. The Balaban J connectivity index is 2.77. The molecule has 1 aromatic rings. The molecule has 0 aliphatic carbocycles. The molecule has 0 saturated carbocycles. The van der Waals surface area contributed by atoms with Crippen LogP contribution >= 0.6 is 27.5 Å². The zero-order valence-corrected chi connectivity index (χ0v) is 14.0. The van der Waals surface area contributed by atoms with Crippen molar-refractivity contribution < 1.29 is 0 Å². The lowest BCUT2D eigenvalue weighted by Gasteiger charge is -2.30. The number of hydrogen-bond donors (Lipinski definition) is 1. The smallest absolute Gasteiger partial charge is 0.0449 e. The fraction of sp³-hybridized carbons (Fsp3) is 0.600. The van der Waals surface area contributed by atoms with Crippen molar-refractivity contribution >= 4 is 27.5 Å². The monoisotopic (exact) mass is 331 g/mol. The first kappa shape index (κ1) is 16.0. The van der Waals surface area contributed by atoms with Gasteiger partial charge in [-0.1, -0.05) is 61.3 Å². The SMILES string of the molecule is CCC(C)(CNC(C)C)Cc1ccc(Br)cc1Cl. The zero-order chi connectivity index (χ0) is 13.8. The van der Waals surface area contributed by atoms with E-state index in [0.717, 1.165) is 28.9 Å². The topological polar surface area (TPSA) is 12.0 Å². The van der Waals surface area contributed by atoms with Crippen molar-refractivity contribution in [2.75, 3.05) is 6.54 Å². The van der Waals surface area contributed by atoms with Crippen LogP contribution in [0.5, 0.6) is 0 Å². The summed E-state index contributed by atoms with van der Waals surface area (Å²) in [5, 5.41) is 4.39. The molecule has 1 atom stereocenters. The highest BCUT2D eigenvalue weighted by atomic mass is 79.9. The molecule has 1 unspecified atom stereocenters. The maximum absolute atomic E-state index is 6.30. The van der Waals surface area contributed by atoms with Gasteiger partial charge in [-0.3, -0.25) is 0 Å². The average molecular weight is 333 g/mol. The predicted molar refractivity (Wildman–Crippen MR) is 84.4 cm³/mol. The molecule has 0 spiro atoms. The normalized spacial score (nSPS) is 14.8. The van der Waals surface area contributed by atoms with E-state index < -0.39 is 0 Å². The number of rotatable bonds is 6. The molecule has 0 amide bonds. The van der Waals surface area contributed by atoms with Crippen molar-refractivity contribution in [3.05, 3.63) is 33.3 Å². The molecule has 0 heterocycles. The molecule has 18 heavy (non-hydrogen) atoms. The van der Waals surface area contributed by atoms with E-state index in [4.69, 9.17) is 11.6 Å². The molecule has 0 aromatic heterocycles. The van der Waals surface area contributed by atoms with E-state index >= 15 is 0 Å². The second kappa shape index (κ2) is 6.93. The minimum Gasteiger partial charge on any atom is -0.314 e. The van der Waals surface area contributed by atoms with E-state index in [1.807, 2.05) is 6.07 Å². The third kappa shape index (κ3) is 4.91. The van der Waals surface area contributed by atoms with Crippen LogP contribution in [0.3, 0.4) is 0 Å². The van der Waals surface area contributed by atoms with Gasteiger partial charge in [-0.15, -0.1) is 0 Å². The molecule has 1 rings (SSSR count). The summed E-state index contributed by atoms with van der Waals surface area (Å²) in [7, 11) is 0. The molecule has 0 radical (unpaired) electrons. The second-order valence-corrected chi connectivity index (χ2v) is 6.94. The molecule has 0 aliphatic rings. The number of hydrogen-bond acceptors (Lipinski definition) is 1. The van der Waals surface area contributed by atoms with Crippen LogP contribution in [0.15, 0.2) is 22.7 Å². The van der Waals surface area contributed by atoms with Crippen molar-refractivity contribution in [2.45, 2.75) is 46.6 Å². The van der Waals surface area contributed by atoms with Crippen LogP contribution in [0.4, 0.5) is 0 Å².